The summed E-state index contributed by atoms with van der Waals surface area (Å²) in [5.74, 6) is 0.794. The van der Waals surface area contributed by atoms with E-state index in [1.165, 1.54) is 0 Å². The molecule has 78 valence electrons. The second-order valence-electron chi connectivity index (χ2n) is 2.77. The highest BCUT2D eigenvalue weighted by atomic mass is 79.9. The van der Waals surface area contributed by atoms with Gasteiger partial charge in [0.1, 0.15) is 5.75 Å². The monoisotopic (exact) mass is 322 g/mol. The van der Waals surface area contributed by atoms with E-state index in [1.807, 2.05) is 26.0 Å². The second kappa shape index (κ2) is 5.73. The minimum atomic E-state index is 0.290. The van der Waals surface area contributed by atoms with Crippen molar-refractivity contribution in [2.75, 3.05) is 13.4 Å². The van der Waals surface area contributed by atoms with Crippen molar-refractivity contribution in [1.29, 1.82) is 0 Å². The maximum absolute atomic E-state index is 5.38. The van der Waals surface area contributed by atoms with E-state index in [1.54, 1.807) is 0 Å². The molecule has 0 atom stereocenters. The van der Waals surface area contributed by atoms with Crippen LogP contribution in [-0.2, 0) is 4.74 Å². The van der Waals surface area contributed by atoms with Gasteiger partial charge in [0.05, 0.1) is 0 Å². The van der Waals surface area contributed by atoms with Gasteiger partial charge < -0.3 is 9.47 Å². The van der Waals surface area contributed by atoms with Crippen molar-refractivity contribution in [2.24, 2.45) is 0 Å². The van der Waals surface area contributed by atoms with Crippen LogP contribution in [0.3, 0.4) is 0 Å². The van der Waals surface area contributed by atoms with Crippen LogP contribution in [0.1, 0.15) is 12.5 Å². The summed E-state index contributed by atoms with van der Waals surface area (Å²) in [7, 11) is 0. The molecule has 0 aliphatic rings. The number of ether oxygens (including phenoxy) is 2. The van der Waals surface area contributed by atoms with Crippen molar-refractivity contribution in [3.63, 3.8) is 0 Å². The van der Waals surface area contributed by atoms with E-state index in [0.717, 1.165) is 20.3 Å². The van der Waals surface area contributed by atoms with E-state index < -0.39 is 0 Å². The summed E-state index contributed by atoms with van der Waals surface area (Å²) in [6, 6.07) is 3.86. The Morgan fingerprint density at radius 3 is 2.29 bits per heavy atom. The van der Waals surface area contributed by atoms with Gasteiger partial charge in [-0.3, -0.25) is 0 Å². The van der Waals surface area contributed by atoms with Crippen LogP contribution in [-0.4, -0.2) is 13.4 Å². The molecule has 0 aliphatic heterocycles. The molecule has 0 aliphatic carbocycles. The topological polar surface area (TPSA) is 18.5 Å². The van der Waals surface area contributed by atoms with Crippen molar-refractivity contribution in [2.45, 2.75) is 13.8 Å². The van der Waals surface area contributed by atoms with Crippen LogP contribution in [0, 0.1) is 6.92 Å². The number of benzene rings is 1. The summed E-state index contributed by atoms with van der Waals surface area (Å²) in [5, 5.41) is 0. The molecule has 0 spiro atoms. The Morgan fingerprint density at radius 2 is 1.79 bits per heavy atom. The lowest BCUT2D eigenvalue weighted by Crippen LogP contribution is -2.02. The van der Waals surface area contributed by atoms with E-state index in [2.05, 4.69) is 31.9 Å². The highest BCUT2D eigenvalue weighted by molar-refractivity contribution is 9.11. The van der Waals surface area contributed by atoms with Crippen LogP contribution in [0.15, 0.2) is 21.1 Å². The SMILES string of the molecule is CCOCOc1cc(Br)c(C)c(Br)c1. The molecular formula is C10H12Br2O2. The molecule has 2 nitrogen and oxygen atoms in total. The maximum atomic E-state index is 5.38. The van der Waals surface area contributed by atoms with Crippen LogP contribution in [0.2, 0.25) is 0 Å². The van der Waals surface area contributed by atoms with Gasteiger partial charge >= 0.3 is 0 Å². The largest absolute Gasteiger partial charge is 0.467 e. The molecule has 0 heterocycles. The first kappa shape index (κ1) is 12.0. The fraction of sp³-hybridized carbons (Fsp3) is 0.400. The molecule has 0 fully saturated rings. The first-order valence-electron chi connectivity index (χ1n) is 4.31. The van der Waals surface area contributed by atoms with Crippen LogP contribution in [0.5, 0.6) is 5.75 Å². The Balaban J connectivity index is 2.69. The zero-order valence-corrected chi connectivity index (χ0v) is 11.3. The predicted molar refractivity (Wildman–Crippen MR) is 63.7 cm³/mol. The molecule has 0 saturated heterocycles. The van der Waals surface area contributed by atoms with Gasteiger partial charge in [-0.1, -0.05) is 31.9 Å². The lowest BCUT2D eigenvalue weighted by Gasteiger charge is -2.08. The number of hydrogen-bond donors (Lipinski definition) is 0. The molecule has 0 unspecified atom stereocenters. The van der Waals surface area contributed by atoms with Crippen molar-refractivity contribution in [1.82, 2.24) is 0 Å². The molecule has 0 radical (unpaired) electrons. The molecule has 1 aromatic carbocycles. The van der Waals surface area contributed by atoms with Crippen molar-refractivity contribution >= 4 is 31.9 Å². The highest BCUT2D eigenvalue weighted by Gasteiger charge is 2.03. The minimum absolute atomic E-state index is 0.290. The highest BCUT2D eigenvalue weighted by Crippen LogP contribution is 2.29. The van der Waals surface area contributed by atoms with Crippen LogP contribution >= 0.6 is 31.9 Å². The molecular weight excluding hydrogens is 312 g/mol. The van der Waals surface area contributed by atoms with Gasteiger partial charge in [-0.15, -0.1) is 0 Å². The number of rotatable bonds is 4. The van der Waals surface area contributed by atoms with Gasteiger partial charge in [-0.2, -0.15) is 0 Å². The average molecular weight is 324 g/mol. The molecule has 0 amide bonds. The second-order valence-corrected chi connectivity index (χ2v) is 4.48. The van der Waals surface area contributed by atoms with Gasteiger partial charge in [0.25, 0.3) is 0 Å². The Labute approximate surface area is 101 Å². The summed E-state index contributed by atoms with van der Waals surface area (Å²) < 4.78 is 12.5. The third-order valence-electron chi connectivity index (χ3n) is 1.77. The van der Waals surface area contributed by atoms with E-state index in [-0.39, 0.29) is 0 Å². The molecule has 0 saturated carbocycles. The molecule has 0 N–H and O–H groups in total. The zero-order chi connectivity index (χ0) is 10.6. The lowest BCUT2D eigenvalue weighted by atomic mass is 10.2. The number of hydrogen-bond acceptors (Lipinski definition) is 2. The summed E-state index contributed by atoms with van der Waals surface area (Å²) in [6.07, 6.45) is 0. The molecule has 1 aromatic rings. The third-order valence-corrected chi connectivity index (χ3v) is 3.41. The molecule has 0 bridgehead atoms. The summed E-state index contributed by atoms with van der Waals surface area (Å²) in [4.78, 5) is 0. The lowest BCUT2D eigenvalue weighted by molar-refractivity contribution is 0.0223. The van der Waals surface area contributed by atoms with Crippen LogP contribution < -0.4 is 4.74 Å². The normalized spacial score (nSPS) is 10.3. The van der Waals surface area contributed by atoms with Crippen molar-refractivity contribution < 1.29 is 9.47 Å². The van der Waals surface area contributed by atoms with E-state index in [4.69, 9.17) is 9.47 Å². The summed E-state index contributed by atoms with van der Waals surface area (Å²) in [6.45, 7) is 4.91. The summed E-state index contributed by atoms with van der Waals surface area (Å²) >= 11 is 6.91. The van der Waals surface area contributed by atoms with E-state index in [0.29, 0.717) is 13.4 Å². The van der Waals surface area contributed by atoms with Crippen molar-refractivity contribution in [3.8, 4) is 5.75 Å². The Kier molecular flexibility index (Phi) is 4.92. The molecule has 14 heavy (non-hydrogen) atoms. The molecule has 0 aromatic heterocycles. The fourth-order valence-electron chi connectivity index (χ4n) is 0.898. The van der Waals surface area contributed by atoms with E-state index in [9.17, 15) is 0 Å². The zero-order valence-electron chi connectivity index (χ0n) is 8.14. The number of halogens is 2. The van der Waals surface area contributed by atoms with Gasteiger partial charge in [-0.25, -0.2) is 0 Å². The van der Waals surface area contributed by atoms with Crippen molar-refractivity contribution in [3.05, 3.63) is 26.6 Å². The molecule has 1 rings (SSSR count). The quantitative estimate of drug-likeness (QED) is 0.618. The van der Waals surface area contributed by atoms with Gasteiger partial charge in [0.2, 0.25) is 0 Å². The van der Waals surface area contributed by atoms with Gasteiger partial charge in [0.15, 0.2) is 6.79 Å². The Bertz CT molecular complexity index is 290. The third kappa shape index (κ3) is 3.26. The first-order valence-corrected chi connectivity index (χ1v) is 5.90. The smallest absolute Gasteiger partial charge is 0.189 e. The average Bonchev–Trinajstić information content (AvgIpc) is 2.14. The fourth-order valence-corrected chi connectivity index (χ4v) is 2.04. The van der Waals surface area contributed by atoms with Gasteiger partial charge in [-0.05, 0) is 31.5 Å². The Hall–Kier alpha value is -0.0600. The van der Waals surface area contributed by atoms with Crippen LogP contribution in [0.25, 0.3) is 0 Å². The standard InChI is InChI=1S/C10H12Br2O2/c1-3-13-6-14-8-4-9(11)7(2)10(12)5-8/h4-5H,3,6H2,1-2H3. The summed E-state index contributed by atoms with van der Waals surface area (Å²) in [5.41, 5.74) is 1.16. The molecule has 4 heteroatoms. The van der Waals surface area contributed by atoms with Crippen LogP contribution in [0.4, 0.5) is 0 Å². The predicted octanol–water partition coefficient (Wildman–Crippen LogP) is 3.89. The van der Waals surface area contributed by atoms with Gasteiger partial charge in [0, 0.05) is 15.6 Å². The Morgan fingerprint density at radius 1 is 1.21 bits per heavy atom. The minimum Gasteiger partial charge on any atom is -0.467 e. The first-order chi connectivity index (χ1) is 6.65. The maximum Gasteiger partial charge on any atom is 0.189 e. The van der Waals surface area contributed by atoms with E-state index >= 15 is 0 Å².